The number of aromatic nitrogens is 1. The number of hydrogen-bond donors (Lipinski definition) is 1. The van der Waals surface area contributed by atoms with Crippen LogP contribution in [-0.2, 0) is 4.74 Å². The van der Waals surface area contributed by atoms with Gasteiger partial charge in [0.05, 0.1) is 24.6 Å². The van der Waals surface area contributed by atoms with E-state index in [-0.39, 0.29) is 5.91 Å². The fourth-order valence-electron chi connectivity index (χ4n) is 2.80. The summed E-state index contributed by atoms with van der Waals surface area (Å²) in [6, 6.07) is 9.56. The van der Waals surface area contributed by atoms with Crippen molar-refractivity contribution in [3.05, 3.63) is 41.8 Å². The minimum Gasteiger partial charge on any atom is -0.378 e. The molecule has 2 heterocycles. The highest BCUT2D eigenvalue weighted by Crippen LogP contribution is 2.40. The monoisotopic (exact) mass is 313 g/mol. The molecule has 1 aromatic carbocycles. The topological polar surface area (TPSA) is 67.6 Å². The molecule has 6 nitrogen and oxygen atoms in total. The molecule has 4 rings (SSSR count). The molecule has 1 amide bonds. The third-order valence-electron chi connectivity index (χ3n) is 4.24. The van der Waals surface area contributed by atoms with Crippen LogP contribution in [-0.4, -0.2) is 37.4 Å². The Bertz CT molecular complexity index is 703. The Morgan fingerprint density at radius 2 is 2.00 bits per heavy atom. The van der Waals surface area contributed by atoms with Gasteiger partial charge in [-0.15, -0.1) is 0 Å². The zero-order valence-corrected chi connectivity index (χ0v) is 12.8. The fraction of sp³-hybridized carbons (Fsp3) is 0.412. The normalized spacial score (nSPS) is 18.0. The molecule has 1 N–H and O–H groups in total. The molecule has 2 fully saturated rings. The molecule has 2 aliphatic rings. The summed E-state index contributed by atoms with van der Waals surface area (Å²) in [5.74, 6) is 1.03. The van der Waals surface area contributed by atoms with Gasteiger partial charge in [-0.2, -0.15) is 0 Å². The molecule has 1 saturated heterocycles. The Labute approximate surface area is 134 Å². The Morgan fingerprint density at radius 3 is 2.78 bits per heavy atom. The average molecular weight is 313 g/mol. The molecule has 1 aromatic heterocycles. The molecule has 0 unspecified atom stereocenters. The number of amides is 1. The summed E-state index contributed by atoms with van der Waals surface area (Å²) < 4.78 is 10.6. The van der Waals surface area contributed by atoms with E-state index in [0.29, 0.717) is 24.8 Å². The molecule has 6 heteroatoms. The van der Waals surface area contributed by atoms with Crippen LogP contribution in [0, 0.1) is 0 Å². The van der Waals surface area contributed by atoms with Crippen LogP contribution in [0.3, 0.4) is 0 Å². The zero-order chi connectivity index (χ0) is 15.6. The molecule has 120 valence electrons. The van der Waals surface area contributed by atoms with Crippen molar-refractivity contribution in [3.8, 4) is 0 Å². The second-order valence-corrected chi connectivity index (χ2v) is 5.96. The van der Waals surface area contributed by atoms with E-state index in [9.17, 15) is 4.79 Å². The molecular formula is C17H19N3O3. The third-order valence-corrected chi connectivity index (χ3v) is 4.24. The van der Waals surface area contributed by atoms with Gasteiger partial charge in [-0.1, -0.05) is 17.3 Å². The molecule has 23 heavy (non-hydrogen) atoms. The number of nitrogens with zero attached hydrogens (tertiary/aromatic N) is 2. The van der Waals surface area contributed by atoms with Crippen molar-refractivity contribution in [2.45, 2.75) is 18.8 Å². The molecule has 2 aromatic rings. The summed E-state index contributed by atoms with van der Waals surface area (Å²) in [6.07, 6.45) is 2.24. The van der Waals surface area contributed by atoms with Gasteiger partial charge in [0.25, 0.3) is 5.91 Å². The van der Waals surface area contributed by atoms with E-state index < -0.39 is 0 Å². The number of para-hydroxylation sites is 2. The molecule has 0 spiro atoms. The summed E-state index contributed by atoms with van der Waals surface area (Å²) in [6.45, 7) is 3.05. The van der Waals surface area contributed by atoms with Crippen LogP contribution in [0.4, 0.5) is 11.4 Å². The number of ether oxygens (including phenoxy) is 1. The average Bonchev–Trinajstić information content (AvgIpc) is 3.33. The Kier molecular flexibility index (Phi) is 3.75. The number of carbonyl (C=O) groups excluding carboxylic acids is 1. The van der Waals surface area contributed by atoms with Crippen molar-refractivity contribution >= 4 is 17.3 Å². The Balaban J connectivity index is 1.52. The Morgan fingerprint density at radius 1 is 1.22 bits per heavy atom. The van der Waals surface area contributed by atoms with Gasteiger partial charge < -0.3 is 19.5 Å². The van der Waals surface area contributed by atoms with Crippen molar-refractivity contribution < 1.29 is 14.1 Å². The predicted octanol–water partition coefficient (Wildman–Crippen LogP) is 2.64. The van der Waals surface area contributed by atoms with Crippen molar-refractivity contribution in [2.75, 3.05) is 36.5 Å². The van der Waals surface area contributed by atoms with Crippen molar-refractivity contribution in [1.29, 1.82) is 0 Å². The summed E-state index contributed by atoms with van der Waals surface area (Å²) in [7, 11) is 0. The van der Waals surface area contributed by atoms with E-state index in [4.69, 9.17) is 9.26 Å². The van der Waals surface area contributed by atoms with Crippen LogP contribution in [0.25, 0.3) is 0 Å². The van der Waals surface area contributed by atoms with E-state index in [2.05, 4.69) is 15.4 Å². The first-order chi connectivity index (χ1) is 11.3. The van der Waals surface area contributed by atoms with Gasteiger partial charge in [0.15, 0.2) is 5.69 Å². The molecular weight excluding hydrogens is 294 g/mol. The maximum absolute atomic E-state index is 12.4. The molecule has 0 radical (unpaired) electrons. The third kappa shape index (κ3) is 3.07. The van der Waals surface area contributed by atoms with Gasteiger partial charge in [-0.05, 0) is 25.0 Å². The maximum Gasteiger partial charge on any atom is 0.277 e. The van der Waals surface area contributed by atoms with Crippen molar-refractivity contribution in [1.82, 2.24) is 5.16 Å². The number of hydrogen-bond acceptors (Lipinski definition) is 5. The highest BCUT2D eigenvalue weighted by atomic mass is 16.5. The van der Waals surface area contributed by atoms with E-state index in [1.165, 1.54) is 0 Å². The second kappa shape index (κ2) is 6.04. The molecule has 1 saturated carbocycles. The van der Waals surface area contributed by atoms with Gasteiger partial charge in [0, 0.05) is 25.1 Å². The summed E-state index contributed by atoms with van der Waals surface area (Å²) in [5.41, 5.74) is 2.13. The van der Waals surface area contributed by atoms with Gasteiger partial charge in [-0.25, -0.2) is 0 Å². The van der Waals surface area contributed by atoms with Gasteiger partial charge in [0.1, 0.15) is 5.76 Å². The number of anilines is 2. The number of benzene rings is 1. The largest absolute Gasteiger partial charge is 0.378 e. The lowest BCUT2D eigenvalue weighted by molar-refractivity contribution is 0.101. The lowest BCUT2D eigenvalue weighted by Gasteiger charge is -2.30. The number of carbonyl (C=O) groups is 1. The SMILES string of the molecule is O=C(Nc1ccccc1N1CCOCC1)c1cc(C2CC2)on1. The van der Waals surface area contributed by atoms with Gasteiger partial charge >= 0.3 is 0 Å². The summed E-state index contributed by atoms with van der Waals surface area (Å²) in [4.78, 5) is 14.6. The number of nitrogens with one attached hydrogen (secondary N) is 1. The first-order valence-corrected chi connectivity index (χ1v) is 8.01. The smallest absolute Gasteiger partial charge is 0.277 e. The quantitative estimate of drug-likeness (QED) is 0.940. The van der Waals surface area contributed by atoms with Gasteiger partial charge in [-0.3, -0.25) is 4.79 Å². The van der Waals surface area contributed by atoms with Crippen molar-refractivity contribution in [3.63, 3.8) is 0 Å². The maximum atomic E-state index is 12.4. The van der Waals surface area contributed by atoms with Crippen LogP contribution in [0.2, 0.25) is 0 Å². The highest BCUT2D eigenvalue weighted by Gasteiger charge is 2.29. The molecule has 0 bridgehead atoms. The fourth-order valence-corrected chi connectivity index (χ4v) is 2.80. The van der Waals surface area contributed by atoms with E-state index in [1.54, 1.807) is 6.07 Å². The minimum absolute atomic E-state index is 0.235. The predicted molar refractivity (Wildman–Crippen MR) is 85.9 cm³/mol. The van der Waals surface area contributed by atoms with Crippen LogP contribution in [0.1, 0.15) is 35.0 Å². The van der Waals surface area contributed by atoms with E-state index in [1.807, 2.05) is 24.3 Å². The van der Waals surface area contributed by atoms with Crippen LogP contribution >= 0.6 is 0 Å². The highest BCUT2D eigenvalue weighted by molar-refractivity contribution is 6.04. The molecule has 1 aliphatic heterocycles. The summed E-state index contributed by atoms with van der Waals surface area (Å²) in [5, 5.41) is 6.85. The zero-order valence-electron chi connectivity index (χ0n) is 12.8. The minimum atomic E-state index is -0.235. The van der Waals surface area contributed by atoms with E-state index in [0.717, 1.165) is 43.1 Å². The van der Waals surface area contributed by atoms with Crippen LogP contribution < -0.4 is 10.2 Å². The Hall–Kier alpha value is -2.34. The summed E-state index contributed by atoms with van der Waals surface area (Å²) >= 11 is 0. The second-order valence-electron chi connectivity index (χ2n) is 5.96. The van der Waals surface area contributed by atoms with Crippen molar-refractivity contribution in [2.24, 2.45) is 0 Å². The van der Waals surface area contributed by atoms with E-state index >= 15 is 0 Å². The van der Waals surface area contributed by atoms with Crippen LogP contribution in [0.15, 0.2) is 34.9 Å². The standard InChI is InChI=1S/C17H19N3O3/c21-17(14-11-16(23-19-14)12-5-6-12)18-13-3-1-2-4-15(13)20-7-9-22-10-8-20/h1-4,11-12H,5-10H2,(H,18,21). The number of morpholine rings is 1. The first kappa shape index (κ1) is 14.3. The first-order valence-electron chi connectivity index (χ1n) is 8.01. The van der Waals surface area contributed by atoms with Gasteiger partial charge in [0.2, 0.25) is 0 Å². The number of rotatable bonds is 4. The molecule has 1 aliphatic carbocycles. The lowest BCUT2D eigenvalue weighted by atomic mass is 10.2. The van der Waals surface area contributed by atoms with Crippen LogP contribution in [0.5, 0.6) is 0 Å². The lowest BCUT2D eigenvalue weighted by Crippen LogP contribution is -2.36. The molecule has 0 atom stereocenters.